The molecule has 0 N–H and O–H groups in total. The summed E-state index contributed by atoms with van der Waals surface area (Å²) in [5.41, 5.74) is 2.02. The normalized spacial score (nSPS) is 22.0. The van der Waals surface area contributed by atoms with Crippen LogP contribution in [-0.2, 0) is 4.74 Å². The zero-order valence-electron chi connectivity index (χ0n) is 16.0. The molecule has 1 aromatic rings. The van der Waals surface area contributed by atoms with E-state index in [0.717, 1.165) is 61.5 Å². The Bertz CT molecular complexity index is 806. The number of aliphatic imine (C=N–C) groups is 2. The van der Waals surface area contributed by atoms with Crippen molar-refractivity contribution in [2.24, 2.45) is 9.98 Å². The van der Waals surface area contributed by atoms with Crippen molar-refractivity contribution in [3.63, 3.8) is 0 Å². The molecule has 0 aliphatic carbocycles. The number of ether oxygens (including phenoxy) is 2. The van der Waals surface area contributed by atoms with Crippen molar-refractivity contribution in [1.82, 2.24) is 9.80 Å². The SMILES string of the molecule is CCN1C=C2N=C(/C=C/c3cccc(O[C@@H]4CCOC4)c3)N=C2N(CC)C1. The van der Waals surface area contributed by atoms with Gasteiger partial charge in [-0.1, -0.05) is 18.2 Å². The summed E-state index contributed by atoms with van der Waals surface area (Å²) in [5, 5.41) is 0. The molecule has 0 saturated carbocycles. The lowest BCUT2D eigenvalue weighted by molar-refractivity contribution is 0.141. The average molecular weight is 366 g/mol. The Labute approximate surface area is 160 Å². The number of fused-ring (bicyclic) bond motifs is 1. The maximum absolute atomic E-state index is 5.98. The molecule has 0 amide bonds. The molecule has 0 spiro atoms. The highest BCUT2D eigenvalue weighted by molar-refractivity contribution is 6.16. The number of rotatable bonds is 6. The molecule has 1 saturated heterocycles. The summed E-state index contributed by atoms with van der Waals surface area (Å²) >= 11 is 0. The number of hydrogen-bond donors (Lipinski definition) is 0. The second-order valence-electron chi connectivity index (χ2n) is 6.83. The maximum Gasteiger partial charge on any atom is 0.160 e. The van der Waals surface area contributed by atoms with E-state index in [1.165, 1.54) is 0 Å². The molecule has 1 atom stereocenters. The molecule has 0 unspecified atom stereocenters. The molecule has 0 bridgehead atoms. The molecule has 1 aromatic carbocycles. The highest BCUT2D eigenvalue weighted by Gasteiger charge is 2.26. The molecule has 3 heterocycles. The lowest BCUT2D eigenvalue weighted by Crippen LogP contribution is -2.43. The lowest BCUT2D eigenvalue weighted by Gasteiger charge is -2.33. The van der Waals surface area contributed by atoms with Crippen LogP contribution >= 0.6 is 0 Å². The van der Waals surface area contributed by atoms with Crippen LogP contribution in [0.5, 0.6) is 5.75 Å². The van der Waals surface area contributed by atoms with Crippen LogP contribution in [0, 0.1) is 0 Å². The first kappa shape index (κ1) is 17.8. The van der Waals surface area contributed by atoms with Crippen molar-refractivity contribution in [2.75, 3.05) is 33.0 Å². The van der Waals surface area contributed by atoms with Gasteiger partial charge in [0.2, 0.25) is 0 Å². The minimum absolute atomic E-state index is 0.159. The average Bonchev–Trinajstić information content (AvgIpc) is 3.35. The molecule has 3 aliphatic heterocycles. The molecule has 0 aromatic heterocycles. The van der Waals surface area contributed by atoms with Gasteiger partial charge in [-0.2, -0.15) is 0 Å². The predicted octanol–water partition coefficient (Wildman–Crippen LogP) is 3.13. The molecule has 3 aliphatic rings. The van der Waals surface area contributed by atoms with E-state index in [4.69, 9.17) is 14.5 Å². The van der Waals surface area contributed by atoms with Gasteiger partial charge >= 0.3 is 0 Å². The first-order valence-electron chi connectivity index (χ1n) is 9.66. The van der Waals surface area contributed by atoms with Gasteiger partial charge in [-0.25, -0.2) is 9.98 Å². The fourth-order valence-electron chi connectivity index (χ4n) is 3.36. The second-order valence-corrected chi connectivity index (χ2v) is 6.83. The third kappa shape index (κ3) is 4.06. The third-order valence-corrected chi connectivity index (χ3v) is 4.90. The molecule has 1 fully saturated rings. The Morgan fingerprint density at radius 2 is 2.15 bits per heavy atom. The molecule has 4 rings (SSSR count). The van der Waals surface area contributed by atoms with Crippen molar-refractivity contribution >= 4 is 17.7 Å². The van der Waals surface area contributed by atoms with Crippen LogP contribution in [0.4, 0.5) is 0 Å². The Morgan fingerprint density at radius 3 is 2.93 bits per heavy atom. The van der Waals surface area contributed by atoms with E-state index in [9.17, 15) is 0 Å². The number of amidine groups is 2. The fourth-order valence-corrected chi connectivity index (χ4v) is 3.36. The van der Waals surface area contributed by atoms with Crippen LogP contribution in [-0.4, -0.2) is 60.5 Å². The Morgan fingerprint density at radius 1 is 1.22 bits per heavy atom. The molecule has 6 nitrogen and oxygen atoms in total. The van der Waals surface area contributed by atoms with Crippen LogP contribution in [0.2, 0.25) is 0 Å². The predicted molar refractivity (Wildman–Crippen MR) is 108 cm³/mol. The van der Waals surface area contributed by atoms with Crippen LogP contribution < -0.4 is 4.74 Å². The van der Waals surface area contributed by atoms with Gasteiger partial charge in [0.05, 0.1) is 19.9 Å². The van der Waals surface area contributed by atoms with E-state index in [1.54, 1.807) is 0 Å². The van der Waals surface area contributed by atoms with Gasteiger partial charge in [0.25, 0.3) is 0 Å². The van der Waals surface area contributed by atoms with Gasteiger partial charge in [0.15, 0.2) is 11.7 Å². The first-order chi connectivity index (χ1) is 13.2. The molecular weight excluding hydrogens is 340 g/mol. The first-order valence-corrected chi connectivity index (χ1v) is 9.66. The summed E-state index contributed by atoms with van der Waals surface area (Å²) in [6.45, 7) is 8.51. The number of benzene rings is 1. The van der Waals surface area contributed by atoms with Gasteiger partial charge in [-0.3, -0.25) is 0 Å². The second kappa shape index (κ2) is 7.96. The molecule has 142 valence electrons. The fraction of sp³-hybridized carbons (Fsp3) is 0.429. The minimum atomic E-state index is 0.159. The minimum Gasteiger partial charge on any atom is -0.488 e. The topological polar surface area (TPSA) is 49.7 Å². The largest absolute Gasteiger partial charge is 0.488 e. The van der Waals surface area contributed by atoms with Gasteiger partial charge < -0.3 is 19.3 Å². The highest BCUT2D eigenvalue weighted by atomic mass is 16.5. The van der Waals surface area contributed by atoms with Crippen LogP contribution in [0.15, 0.2) is 52.2 Å². The quantitative estimate of drug-likeness (QED) is 0.776. The lowest BCUT2D eigenvalue weighted by atomic mass is 10.2. The van der Waals surface area contributed by atoms with E-state index in [2.05, 4.69) is 40.9 Å². The van der Waals surface area contributed by atoms with Gasteiger partial charge in [0, 0.05) is 25.7 Å². The summed E-state index contributed by atoms with van der Waals surface area (Å²) in [6.07, 6.45) is 7.21. The van der Waals surface area contributed by atoms with Crippen molar-refractivity contribution < 1.29 is 9.47 Å². The molecule has 27 heavy (non-hydrogen) atoms. The standard InChI is InChI=1S/C21H26N4O2/c1-3-24-13-19-21(25(4-2)15-24)23-20(22-19)9-8-16-6-5-7-17(12-16)27-18-10-11-26-14-18/h5-9,12-13,18H,3-4,10-11,14-15H2,1-2H3/b9-8+/t18-/m1/s1. The molecular formula is C21H26N4O2. The zero-order valence-corrected chi connectivity index (χ0v) is 16.0. The number of hydrogen-bond acceptors (Lipinski definition) is 6. The smallest absolute Gasteiger partial charge is 0.160 e. The van der Waals surface area contributed by atoms with E-state index in [1.807, 2.05) is 30.4 Å². The summed E-state index contributed by atoms with van der Waals surface area (Å²) in [4.78, 5) is 13.9. The number of nitrogens with zero attached hydrogens (tertiary/aromatic N) is 4. The van der Waals surface area contributed by atoms with E-state index in [0.29, 0.717) is 6.61 Å². The van der Waals surface area contributed by atoms with Crippen molar-refractivity contribution in [3.8, 4) is 5.75 Å². The third-order valence-electron chi connectivity index (χ3n) is 4.90. The van der Waals surface area contributed by atoms with Crippen molar-refractivity contribution in [2.45, 2.75) is 26.4 Å². The monoisotopic (exact) mass is 366 g/mol. The van der Waals surface area contributed by atoms with Crippen molar-refractivity contribution in [1.29, 1.82) is 0 Å². The van der Waals surface area contributed by atoms with Gasteiger partial charge in [0.1, 0.15) is 17.6 Å². The Kier molecular flexibility index (Phi) is 5.25. The molecule has 0 radical (unpaired) electrons. The number of likely N-dealkylation sites (N-methyl/N-ethyl adjacent to an activating group) is 1. The van der Waals surface area contributed by atoms with E-state index in [-0.39, 0.29) is 6.10 Å². The van der Waals surface area contributed by atoms with E-state index >= 15 is 0 Å². The summed E-state index contributed by atoms with van der Waals surface area (Å²) < 4.78 is 11.4. The summed E-state index contributed by atoms with van der Waals surface area (Å²) in [5.74, 6) is 2.59. The summed E-state index contributed by atoms with van der Waals surface area (Å²) in [6, 6.07) is 8.09. The molecule has 6 heteroatoms. The van der Waals surface area contributed by atoms with Gasteiger partial charge in [-0.05, 0) is 37.6 Å². The summed E-state index contributed by atoms with van der Waals surface area (Å²) in [7, 11) is 0. The van der Waals surface area contributed by atoms with Crippen LogP contribution in [0.25, 0.3) is 6.08 Å². The highest BCUT2D eigenvalue weighted by Crippen LogP contribution is 2.22. The van der Waals surface area contributed by atoms with Crippen LogP contribution in [0.3, 0.4) is 0 Å². The van der Waals surface area contributed by atoms with Crippen molar-refractivity contribution in [3.05, 3.63) is 47.8 Å². The van der Waals surface area contributed by atoms with Gasteiger partial charge in [-0.15, -0.1) is 0 Å². The van der Waals surface area contributed by atoms with Crippen LogP contribution in [0.1, 0.15) is 25.8 Å². The maximum atomic E-state index is 5.98. The Hall–Kier alpha value is -2.60. The zero-order chi connectivity index (χ0) is 18.6. The van der Waals surface area contributed by atoms with E-state index < -0.39 is 0 Å². The Balaban J connectivity index is 1.48.